The van der Waals surface area contributed by atoms with E-state index in [0.29, 0.717) is 11.9 Å². The Morgan fingerprint density at radius 1 is 1.19 bits per heavy atom. The van der Waals surface area contributed by atoms with E-state index in [-0.39, 0.29) is 18.2 Å². The summed E-state index contributed by atoms with van der Waals surface area (Å²) in [7, 11) is -1.93. The first-order chi connectivity index (χ1) is 9.28. The molecule has 0 aliphatic heterocycles. The zero-order valence-electron chi connectivity index (χ0n) is 14.6. The normalized spacial score (nSPS) is 14.0. The predicted octanol–water partition coefficient (Wildman–Crippen LogP) is 4.39. The third-order valence-corrected chi connectivity index (χ3v) is 7.92. The zero-order chi connectivity index (χ0) is 16.9. The lowest BCUT2D eigenvalue weighted by Gasteiger charge is -2.36. The summed E-state index contributed by atoms with van der Waals surface area (Å²) in [5, 5.41) is 2.59. The molecule has 1 N–H and O–H groups in total. The first kappa shape index (κ1) is 20.1. The van der Waals surface area contributed by atoms with Gasteiger partial charge in [0.1, 0.15) is 5.60 Å². The fourth-order valence-corrected chi connectivity index (χ4v) is 2.09. The van der Waals surface area contributed by atoms with Crippen LogP contribution in [-0.4, -0.2) is 33.2 Å². The summed E-state index contributed by atoms with van der Waals surface area (Å²) in [5.41, 5.74) is -0.174. The largest absolute Gasteiger partial charge is 0.444 e. The van der Waals surface area contributed by atoms with Gasteiger partial charge in [-0.05, 0) is 38.9 Å². The number of nitrogens with one attached hydrogen (secondary N) is 1. The van der Waals surface area contributed by atoms with Crippen molar-refractivity contribution in [1.82, 2.24) is 5.32 Å². The highest BCUT2D eigenvalue weighted by Crippen LogP contribution is 2.36. The Bertz CT molecular complexity index is 381. The lowest BCUT2D eigenvalue weighted by atomic mass is 10.2. The third kappa shape index (κ3) is 8.21. The van der Waals surface area contributed by atoms with Gasteiger partial charge >= 0.3 is 6.09 Å². The Morgan fingerprint density at radius 2 is 1.71 bits per heavy atom. The van der Waals surface area contributed by atoms with E-state index >= 15 is 0 Å². The number of amides is 1. The van der Waals surface area contributed by atoms with Gasteiger partial charge in [-0.15, -0.1) is 0 Å². The molecule has 0 rings (SSSR count). The number of hydrogen-bond acceptors (Lipinski definition) is 3. The quantitative estimate of drug-likeness (QED) is 0.765. The second kappa shape index (κ2) is 7.40. The average molecular weight is 319 g/mol. The van der Waals surface area contributed by atoms with Gasteiger partial charge in [-0.1, -0.05) is 20.8 Å². The molecule has 0 aromatic heterocycles. The van der Waals surface area contributed by atoms with E-state index < -0.39 is 20.0 Å². The molecule has 0 heterocycles. The molecule has 0 saturated carbocycles. The molecule has 0 radical (unpaired) electrons. The fraction of sp³-hybridized carbons (Fsp3) is 0.800. The monoisotopic (exact) mass is 319 g/mol. The lowest BCUT2D eigenvalue weighted by Crippen LogP contribution is -2.42. The van der Waals surface area contributed by atoms with Gasteiger partial charge in [-0.2, -0.15) is 0 Å². The summed E-state index contributed by atoms with van der Waals surface area (Å²) < 4.78 is 23.9. The summed E-state index contributed by atoms with van der Waals surface area (Å²) in [6, 6.07) is 0. The smallest absolute Gasteiger partial charge is 0.407 e. The molecule has 0 aliphatic carbocycles. The maximum atomic E-state index is 12.9. The number of carbonyl (C=O) groups excluding carboxylic acids is 1. The molecule has 0 unspecified atom stereocenters. The van der Waals surface area contributed by atoms with Gasteiger partial charge < -0.3 is 14.5 Å². The van der Waals surface area contributed by atoms with Crippen molar-refractivity contribution in [2.24, 2.45) is 0 Å². The van der Waals surface area contributed by atoms with Gasteiger partial charge in [0.25, 0.3) is 0 Å². The van der Waals surface area contributed by atoms with Gasteiger partial charge in [0.05, 0.1) is 12.9 Å². The molecule has 0 fully saturated rings. The summed E-state index contributed by atoms with van der Waals surface area (Å²) in [6.07, 6.45) is -0.0704. The number of rotatable bonds is 5. The first-order valence-electron chi connectivity index (χ1n) is 7.17. The van der Waals surface area contributed by atoms with Crippen LogP contribution in [0.1, 0.15) is 41.5 Å². The maximum Gasteiger partial charge on any atom is 0.407 e. The second-order valence-electron chi connectivity index (χ2n) is 7.67. The van der Waals surface area contributed by atoms with Crippen LogP contribution in [0.15, 0.2) is 11.9 Å². The molecule has 21 heavy (non-hydrogen) atoms. The highest BCUT2D eigenvalue weighted by atomic mass is 28.4. The van der Waals surface area contributed by atoms with Crippen molar-refractivity contribution >= 4 is 14.4 Å². The average Bonchev–Trinajstić information content (AvgIpc) is 2.25. The Morgan fingerprint density at radius 3 is 2.10 bits per heavy atom. The Balaban J connectivity index is 4.36. The van der Waals surface area contributed by atoms with Crippen LogP contribution in [0.4, 0.5) is 9.18 Å². The zero-order valence-corrected chi connectivity index (χ0v) is 15.6. The molecular weight excluding hydrogens is 289 g/mol. The third-order valence-electron chi connectivity index (χ3n) is 3.44. The number of hydrogen-bond donors (Lipinski definition) is 1. The van der Waals surface area contributed by atoms with Crippen molar-refractivity contribution in [2.45, 2.75) is 65.3 Å². The van der Waals surface area contributed by atoms with Crippen LogP contribution in [0.25, 0.3) is 0 Å². The molecule has 0 aromatic carbocycles. The molecule has 0 aromatic rings. The number of carbonyl (C=O) groups is 1. The minimum atomic E-state index is -1.93. The van der Waals surface area contributed by atoms with Crippen LogP contribution in [0.3, 0.4) is 0 Å². The first-order valence-corrected chi connectivity index (χ1v) is 10.1. The summed E-state index contributed by atoms with van der Waals surface area (Å²) in [5.74, 6) is 0. The van der Waals surface area contributed by atoms with Gasteiger partial charge in [0.2, 0.25) is 0 Å². The van der Waals surface area contributed by atoms with E-state index in [4.69, 9.17) is 9.16 Å². The fourth-order valence-electron chi connectivity index (χ4n) is 1.11. The minimum Gasteiger partial charge on any atom is -0.444 e. The summed E-state index contributed by atoms with van der Waals surface area (Å²) in [6.45, 7) is 16.2. The predicted molar refractivity (Wildman–Crippen MR) is 86.6 cm³/mol. The SMILES string of the molecule is CC(C)(C)OC(=O)NC/C(=C/F)CO[Si](C)(C)C(C)(C)C. The van der Waals surface area contributed by atoms with E-state index in [2.05, 4.69) is 39.2 Å². The summed E-state index contributed by atoms with van der Waals surface area (Å²) >= 11 is 0. The Labute approximate surface area is 129 Å². The van der Waals surface area contributed by atoms with Crippen LogP contribution >= 0.6 is 0 Å². The molecule has 0 atom stereocenters. The molecule has 0 aliphatic rings. The maximum absolute atomic E-state index is 12.9. The Hall–Kier alpha value is -0.883. The lowest BCUT2D eigenvalue weighted by molar-refractivity contribution is 0.0531. The number of alkyl carbamates (subject to hydrolysis) is 1. The van der Waals surface area contributed by atoms with Crippen LogP contribution in [0, 0.1) is 0 Å². The molecule has 0 spiro atoms. The van der Waals surface area contributed by atoms with Gasteiger partial charge in [-0.3, -0.25) is 0 Å². The van der Waals surface area contributed by atoms with Crippen LogP contribution in [-0.2, 0) is 9.16 Å². The standard InChI is InChI=1S/C15H30FNO3Si/c1-14(2,3)20-13(18)17-10-12(9-16)11-19-21(7,8)15(4,5)6/h9H,10-11H2,1-8H3,(H,17,18)/b12-9-. The minimum absolute atomic E-state index is 0.0625. The van der Waals surface area contributed by atoms with Gasteiger partial charge in [0, 0.05) is 12.1 Å². The molecule has 124 valence electrons. The highest BCUT2D eigenvalue weighted by Gasteiger charge is 2.37. The van der Waals surface area contributed by atoms with Crippen molar-refractivity contribution in [3.05, 3.63) is 11.9 Å². The van der Waals surface area contributed by atoms with E-state index in [1.807, 2.05) is 0 Å². The van der Waals surface area contributed by atoms with E-state index in [1.54, 1.807) is 20.8 Å². The molecule has 6 heteroatoms. The van der Waals surface area contributed by atoms with Gasteiger partial charge in [0.15, 0.2) is 8.32 Å². The van der Waals surface area contributed by atoms with Crippen molar-refractivity contribution in [3.63, 3.8) is 0 Å². The number of halogens is 1. The Kier molecular flexibility index (Phi) is 7.09. The van der Waals surface area contributed by atoms with E-state index in [1.165, 1.54) is 0 Å². The van der Waals surface area contributed by atoms with Gasteiger partial charge in [-0.25, -0.2) is 9.18 Å². The molecule has 0 saturated heterocycles. The molecule has 0 bridgehead atoms. The van der Waals surface area contributed by atoms with Crippen LogP contribution in [0.5, 0.6) is 0 Å². The van der Waals surface area contributed by atoms with Crippen molar-refractivity contribution < 1.29 is 18.3 Å². The van der Waals surface area contributed by atoms with E-state index in [0.717, 1.165) is 0 Å². The topological polar surface area (TPSA) is 47.6 Å². The van der Waals surface area contributed by atoms with E-state index in [9.17, 15) is 9.18 Å². The molecular formula is C15H30FNO3Si. The van der Waals surface area contributed by atoms with Crippen molar-refractivity contribution in [2.75, 3.05) is 13.2 Å². The highest BCUT2D eigenvalue weighted by molar-refractivity contribution is 6.74. The van der Waals surface area contributed by atoms with Crippen LogP contribution < -0.4 is 5.32 Å². The number of ether oxygens (including phenoxy) is 1. The van der Waals surface area contributed by atoms with Crippen molar-refractivity contribution in [1.29, 1.82) is 0 Å². The molecule has 1 amide bonds. The van der Waals surface area contributed by atoms with Crippen LogP contribution in [0.2, 0.25) is 18.1 Å². The molecule has 4 nitrogen and oxygen atoms in total. The summed E-state index contributed by atoms with van der Waals surface area (Å²) in [4.78, 5) is 11.5. The van der Waals surface area contributed by atoms with Crippen molar-refractivity contribution in [3.8, 4) is 0 Å². The second-order valence-corrected chi connectivity index (χ2v) is 12.5.